The molecule has 1 atom stereocenters. The highest BCUT2D eigenvalue weighted by Gasteiger charge is 2.14. The second-order valence-electron chi connectivity index (χ2n) is 4.33. The minimum atomic E-state index is -0.255. The van der Waals surface area contributed by atoms with E-state index in [0.717, 1.165) is 30.9 Å². The third kappa shape index (κ3) is 2.30. The van der Waals surface area contributed by atoms with E-state index < -0.39 is 0 Å². The van der Waals surface area contributed by atoms with Gasteiger partial charge in [0, 0.05) is 25.7 Å². The van der Waals surface area contributed by atoms with Gasteiger partial charge in [0.25, 0.3) is 0 Å². The van der Waals surface area contributed by atoms with Crippen LogP contribution in [0, 0.1) is 0 Å². The van der Waals surface area contributed by atoms with Crippen LogP contribution in [0.2, 0.25) is 0 Å². The topological polar surface area (TPSA) is 32.7 Å². The number of rotatable bonds is 4. The predicted octanol–water partition coefficient (Wildman–Crippen LogP) is 1.83. The number of anilines is 1. The smallest absolute Gasteiger partial charge is 0.122 e. The first kappa shape index (κ1) is 11.3. The molecule has 1 heterocycles. The highest BCUT2D eigenvalue weighted by atomic mass is 16.5. The van der Waals surface area contributed by atoms with Crippen LogP contribution in [0.4, 0.5) is 5.69 Å². The SMILES string of the molecule is CC[C@@H](O)CN(C)c1ccc2c(c1)CCO2. The number of aliphatic hydroxyl groups excluding tert-OH is 1. The van der Waals surface area contributed by atoms with Crippen molar-refractivity contribution < 1.29 is 9.84 Å². The number of nitrogens with zero attached hydrogens (tertiary/aromatic N) is 1. The van der Waals surface area contributed by atoms with E-state index in [0.29, 0.717) is 6.54 Å². The van der Waals surface area contributed by atoms with Crippen molar-refractivity contribution in [1.82, 2.24) is 0 Å². The Morgan fingerprint density at radius 1 is 1.50 bits per heavy atom. The quantitative estimate of drug-likeness (QED) is 0.842. The van der Waals surface area contributed by atoms with Crippen LogP contribution in [0.5, 0.6) is 5.75 Å². The number of ether oxygens (including phenoxy) is 1. The lowest BCUT2D eigenvalue weighted by Crippen LogP contribution is -2.28. The fraction of sp³-hybridized carbons (Fsp3) is 0.538. The Morgan fingerprint density at radius 2 is 2.31 bits per heavy atom. The predicted molar refractivity (Wildman–Crippen MR) is 65.2 cm³/mol. The van der Waals surface area contributed by atoms with Crippen molar-refractivity contribution in [3.63, 3.8) is 0 Å². The average Bonchev–Trinajstić information content (AvgIpc) is 2.75. The third-order valence-electron chi connectivity index (χ3n) is 3.07. The minimum Gasteiger partial charge on any atom is -0.493 e. The van der Waals surface area contributed by atoms with Gasteiger partial charge >= 0.3 is 0 Å². The van der Waals surface area contributed by atoms with E-state index in [9.17, 15) is 5.11 Å². The molecule has 0 aliphatic carbocycles. The van der Waals surface area contributed by atoms with E-state index in [1.165, 1.54) is 5.56 Å². The van der Waals surface area contributed by atoms with E-state index in [4.69, 9.17) is 4.74 Å². The summed E-state index contributed by atoms with van der Waals surface area (Å²) in [6.45, 7) is 3.46. The van der Waals surface area contributed by atoms with Crippen LogP contribution in [0.15, 0.2) is 18.2 Å². The second-order valence-corrected chi connectivity index (χ2v) is 4.33. The van der Waals surface area contributed by atoms with Gasteiger partial charge in [-0.3, -0.25) is 0 Å². The molecule has 1 aliphatic rings. The molecule has 0 aromatic heterocycles. The molecule has 0 radical (unpaired) electrons. The van der Waals surface area contributed by atoms with Gasteiger partial charge in [0.05, 0.1) is 12.7 Å². The van der Waals surface area contributed by atoms with Crippen molar-refractivity contribution >= 4 is 5.69 Å². The molecule has 0 unspecified atom stereocenters. The van der Waals surface area contributed by atoms with E-state index in [-0.39, 0.29) is 6.10 Å². The lowest BCUT2D eigenvalue weighted by atomic mass is 10.1. The normalized spacial score (nSPS) is 15.4. The first-order chi connectivity index (χ1) is 7.70. The number of likely N-dealkylation sites (N-methyl/N-ethyl adjacent to an activating group) is 1. The average molecular weight is 221 g/mol. The molecule has 1 aromatic rings. The van der Waals surface area contributed by atoms with Gasteiger partial charge < -0.3 is 14.7 Å². The van der Waals surface area contributed by atoms with Gasteiger partial charge in [-0.05, 0) is 30.2 Å². The molecule has 0 saturated carbocycles. The van der Waals surface area contributed by atoms with Crippen LogP contribution in [-0.2, 0) is 6.42 Å². The van der Waals surface area contributed by atoms with Crippen molar-refractivity contribution in [2.75, 3.05) is 25.1 Å². The van der Waals surface area contributed by atoms with Crippen LogP contribution < -0.4 is 9.64 Å². The third-order valence-corrected chi connectivity index (χ3v) is 3.07. The molecule has 0 spiro atoms. The molecular formula is C13H19NO2. The number of aliphatic hydroxyl groups is 1. The van der Waals surface area contributed by atoms with E-state index in [1.807, 2.05) is 26.1 Å². The molecule has 2 rings (SSSR count). The molecule has 0 bridgehead atoms. The fourth-order valence-corrected chi connectivity index (χ4v) is 1.96. The maximum absolute atomic E-state index is 9.62. The Morgan fingerprint density at radius 3 is 3.06 bits per heavy atom. The lowest BCUT2D eigenvalue weighted by Gasteiger charge is -2.22. The monoisotopic (exact) mass is 221 g/mol. The first-order valence-electron chi connectivity index (χ1n) is 5.85. The van der Waals surface area contributed by atoms with Crippen LogP contribution in [-0.4, -0.2) is 31.4 Å². The molecule has 0 fully saturated rings. The van der Waals surface area contributed by atoms with Crippen molar-refractivity contribution in [3.8, 4) is 5.75 Å². The van der Waals surface area contributed by atoms with Gasteiger partial charge in [0.15, 0.2) is 0 Å². The number of hydrogen-bond donors (Lipinski definition) is 1. The Balaban J connectivity index is 2.09. The summed E-state index contributed by atoms with van der Waals surface area (Å²) < 4.78 is 5.47. The van der Waals surface area contributed by atoms with E-state index in [1.54, 1.807) is 0 Å². The number of benzene rings is 1. The summed E-state index contributed by atoms with van der Waals surface area (Å²) in [7, 11) is 2.01. The lowest BCUT2D eigenvalue weighted by molar-refractivity contribution is 0.177. The van der Waals surface area contributed by atoms with Gasteiger partial charge in [0.2, 0.25) is 0 Å². The Labute approximate surface area is 96.6 Å². The fourth-order valence-electron chi connectivity index (χ4n) is 1.96. The van der Waals surface area contributed by atoms with Crippen molar-refractivity contribution in [3.05, 3.63) is 23.8 Å². The maximum Gasteiger partial charge on any atom is 0.122 e. The zero-order valence-corrected chi connectivity index (χ0v) is 9.94. The molecule has 0 amide bonds. The molecule has 0 saturated heterocycles. The first-order valence-corrected chi connectivity index (χ1v) is 5.85. The summed E-state index contributed by atoms with van der Waals surface area (Å²) in [4.78, 5) is 2.09. The molecule has 88 valence electrons. The number of fused-ring (bicyclic) bond motifs is 1. The summed E-state index contributed by atoms with van der Waals surface area (Å²) in [5.41, 5.74) is 2.42. The highest BCUT2D eigenvalue weighted by Crippen LogP contribution is 2.29. The Bertz CT molecular complexity index is 365. The second kappa shape index (κ2) is 4.74. The summed E-state index contributed by atoms with van der Waals surface area (Å²) in [5.74, 6) is 1.01. The molecule has 16 heavy (non-hydrogen) atoms. The van der Waals surface area contributed by atoms with Crippen LogP contribution in [0.1, 0.15) is 18.9 Å². The number of hydrogen-bond acceptors (Lipinski definition) is 3. The van der Waals surface area contributed by atoms with Gasteiger partial charge in [-0.1, -0.05) is 6.92 Å². The largest absolute Gasteiger partial charge is 0.493 e. The zero-order valence-electron chi connectivity index (χ0n) is 9.94. The standard InChI is InChI=1S/C13H19NO2/c1-3-12(15)9-14(2)11-4-5-13-10(8-11)6-7-16-13/h4-5,8,12,15H,3,6-7,9H2,1-2H3/t12-/m1/s1. The molecule has 1 aliphatic heterocycles. The van der Waals surface area contributed by atoms with Crippen molar-refractivity contribution in [2.45, 2.75) is 25.9 Å². The van der Waals surface area contributed by atoms with E-state index >= 15 is 0 Å². The molecular weight excluding hydrogens is 202 g/mol. The summed E-state index contributed by atoms with van der Waals surface area (Å²) in [5, 5.41) is 9.62. The molecule has 1 N–H and O–H groups in total. The van der Waals surface area contributed by atoms with Gasteiger partial charge in [0.1, 0.15) is 5.75 Å². The van der Waals surface area contributed by atoms with E-state index in [2.05, 4.69) is 11.0 Å². The van der Waals surface area contributed by atoms with Gasteiger partial charge in [-0.25, -0.2) is 0 Å². The molecule has 3 heteroatoms. The van der Waals surface area contributed by atoms with Gasteiger partial charge in [-0.15, -0.1) is 0 Å². The summed E-state index contributed by atoms with van der Waals surface area (Å²) >= 11 is 0. The Hall–Kier alpha value is -1.22. The minimum absolute atomic E-state index is 0.255. The summed E-state index contributed by atoms with van der Waals surface area (Å²) in [6.07, 6.45) is 1.53. The van der Waals surface area contributed by atoms with Crippen LogP contribution >= 0.6 is 0 Å². The van der Waals surface area contributed by atoms with Crippen LogP contribution in [0.3, 0.4) is 0 Å². The maximum atomic E-state index is 9.62. The molecule has 3 nitrogen and oxygen atoms in total. The zero-order chi connectivity index (χ0) is 11.5. The Kier molecular flexibility index (Phi) is 3.34. The van der Waals surface area contributed by atoms with Gasteiger partial charge in [-0.2, -0.15) is 0 Å². The molecule has 1 aromatic carbocycles. The summed E-state index contributed by atoms with van der Waals surface area (Å²) in [6, 6.07) is 6.23. The van der Waals surface area contributed by atoms with Crippen molar-refractivity contribution in [1.29, 1.82) is 0 Å². The van der Waals surface area contributed by atoms with Crippen molar-refractivity contribution in [2.24, 2.45) is 0 Å². The van der Waals surface area contributed by atoms with Crippen LogP contribution in [0.25, 0.3) is 0 Å². The highest BCUT2D eigenvalue weighted by molar-refractivity contribution is 5.53.